The van der Waals surface area contributed by atoms with Crippen LogP contribution in [-0.4, -0.2) is 4.98 Å². The van der Waals surface area contributed by atoms with E-state index in [0.717, 1.165) is 5.56 Å². The second-order valence-corrected chi connectivity index (χ2v) is 4.53. The molecule has 0 bridgehead atoms. The standard InChI is InChI=1S/C9H11Cl2N/c1-9(2,3)6-4-7(10)12-8(11)5-6/h4-5H,1-3H3. The Balaban J connectivity index is 3.18. The molecule has 0 aliphatic carbocycles. The molecule has 0 saturated carbocycles. The predicted octanol–water partition coefficient (Wildman–Crippen LogP) is 3.69. The highest BCUT2D eigenvalue weighted by Crippen LogP contribution is 2.26. The molecular weight excluding hydrogens is 193 g/mol. The number of halogens is 2. The van der Waals surface area contributed by atoms with E-state index in [2.05, 4.69) is 25.8 Å². The largest absolute Gasteiger partial charge is 0.224 e. The highest BCUT2D eigenvalue weighted by atomic mass is 35.5. The minimum absolute atomic E-state index is 0.0657. The number of rotatable bonds is 0. The Morgan fingerprint density at radius 2 is 1.50 bits per heavy atom. The summed E-state index contributed by atoms with van der Waals surface area (Å²) in [5, 5.41) is 0.903. The molecule has 0 aromatic carbocycles. The van der Waals surface area contributed by atoms with E-state index in [-0.39, 0.29) is 5.41 Å². The first kappa shape index (κ1) is 9.82. The van der Waals surface area contributed by atoms with Crippen LogP contribution in [0, 0.1) is 0 Å². The summed E-state index contributed by atoms with van der Waals surface area (Å²) in [5.41, 5.74) is 1.17. The van der Waals surface area contributed by atoms with Gasteiger partial charge in [-0.3, -0.25) is 0 Å². The van der Waals surface area contributed by atoms with E-state index in [1.807, 2.05) is 12.1 Å². The Hall–Kier alpha value is -0.270. The average Bonchev–Trinajstić information content (AvgIpc) is 1.82. The van der Waals surface area contributed by atoms with E-state index in [1.54, 1.807) is 0 Å². The van der Waals surface area contributed by atoms with Gasteiger partial charge in [-0.2, -0.15) is 0 Å². The first-order valence-electron chi connectivity index (χ1n) is 3.73. The van der Waals surface area contributed by atoms with Gasteiger partial charge in [0, 0.05) is 0 Å². The van der Waals surface area contributed by atoms with Crippen molar-refractivity contribution in [3.05, 3.63) is 28.0 Å². The Labute approximate surface area is 82.7 Å². The summed E-state index contributed by atoms with van der Waals surface area (Å²) >= 11 is 11.5. The summed E-state index contributed by atoms with van der Waals surface area (Å²) in [6, 6.07) is 3.68. The molecule has 66 valence electrons. The maximum absolute atomic E-state index is 5.76. The Kier molecular flexibility index (Phi) is 2.64. The number of hydrogen-bond acceptors (Lipinski definition) is 1. The Bertz CT molecular complexity index is 269. The van der Waals surface area contributed by atoms with Gasteiger partial charge in [-0.25, -0.2) is 4.98 Å². The predicted molar refractivity (Wildman–Crippen MR) is 53.0 cm³/mol. The SMILES string of the molecule is CC(C)(C)c1cc(Cl)nc(Cl)c1. The molecule has 0 saturated heterocycles. The van der Waals surface area contributed by atoms with Gasteiger partial charge in [0.15, 0.2) is 0 Å². The van der Waals surface area contributed by atoms with Crippen molar-refractivity contribution < 1.29 is 0 Å². The lowest BCUT2D eigenvalue weighted by molar-refractivity contribution is 0.589. The van der Waals surface area contributed by atoms with Crippen molar-refractivity contribution >= 4 is 23.2 Å². The van der Waals surface area contributed by atoms with Crippen molar-refractivity contribution in [2.75, 3.05) is 0 Å². The molecule has 3 heteroatoms. The van der Waals surface area contributed by atoms with E-state index in [4.69, 9.17) is 23.2 Å². The molecule has 0 aliphatic rings. The molecule has 1 nitrogen and oxygen atoms in total. The zero-order chi connectivity index (χ0) is 9.35. The number of nitrogens with zero attached hydrogens (tertiary/aromatic N) is 1. The van der Waals surface area contributed by atoms with Crippen LogP contribution in [0.1, 0.15) is 26.3 Å². The molecule has 12 heavy (non-hydrogen) atoms. The van der Waals surface area contributed by atoms with Gasteiger partial charge in [-0.05, 0) is 23.1 Å². The fraction of sp³-hybridized carbons (Fsp3) is 0.444. The Morgan fingerprint density at radius 3 is 1.83 bits per heavy atom. The van der Waals surface area contributed by atoms with Crippen LogP contribution in [0.15, 0.2) is 12.1 Å². The van der Waals surface area contributed by atoms with Crippen LogP contribution in [-0.2, 0) is 5.41 Å². The highest BCUT2D eigenvalue weighted by molar-refractivity contribution is 6.32. The van der Waals surface area contributed by atoms with Gasteiger partial charge in [0.2, 0.25) is 0 Å². The minimum atomic E-state index is 0.0657. The van der Waals surface area contributed by atoms with Gasteiger partial charge < -0.3 is 0 Å². The van der Waals surface area contributed by atoms with Gasteiger partial charge in [0.1, 0.15) is 10.3 Å². The van der Waals surface area contributed by atoms with Crippen molar-refractivity contribution in [1.82, 2.24) is 4.98 Å². The summed E-state index contributed by atoms with van der Waals surface area (Å²) in [6.07, 6.45) is 0. The zero-order valence-electron chi connectivity index (χ0n) is 7.36. The lowest BCUT2D eigenvalue weighted by atomic mass is 9.88. The summed E-state index contributed by atoms with van der Waals surface area (Å²) < 4.78 is 0. The van der Waals surface area contributed by atoms with Gasteiger partial charge in [0.25, 0.3) is 0 Å². The topological polar surface area (TPSA) is 12.9 Å². The molecule has 0 spiro atoms. The quantitative estimate of drug-likeness (QED) is 0.587. The van der Waals surface area contributed by atoms with Crippen molar-refractivity contribution in [3.8, 4) is 0 Å². The second-order valence-electron chi connectivity index (χ2n) is 3.75. The van der Waals surface area contributed by atoms with E-state index in [0.29, 0.717) is 10.3 Å². The highest BCUT2D eigenvalue weighted by Gasteiger charge is 2.14. The van der Waals surface area contributed by atoms with Gasteiger partial charge in [0.05, 0.1) is 0 Å². The van der Waals surface area contributed by atoms with Crippen LogP contribution in [0.2, 0.25) is 10.3 Å². The average molecular weight is 204 g/mol. The van der Waals surface area contributed by atoms with Crippen LogP contribution in [0.25, 0.3) is 0 Å². The number of pyridine rings is 1. The number of aromatic nitrogens is 1. The molecule has 1 rings (SSSR count). The van der Waals surface area contributed by atoms with E-state index < -0.39 is 0 Å². The molecule has 0 N–H and O–H groups in total. The van der Waals surface area contributed by atoms with Crippen molar-refractivity contribution in [2.45, 2.75) is 26.2 Å². The molecule has 1 aromatic heterocycles. The first-order valence-corrected chi connectivity index (χ1v) is 4.49. The lowest BCUT2D eigenvalue weighted by Gasteiger charge is -2.18. The van der Waals surface area contributed by atoms with Crippen LogP contribution in [0.3, 0.4) is 0 Å². The van der Waals surface area contributed by atoms with Crippen LogP contribution < -0.4 is 0 Å². The number of hydrogen-bond donors (Lipinski definition) is 0. The lowest BCUT2D eigenvalue weighted by Crippen LogP contribution is -2.11. The third kappa shape index (κ3) is 2.36. The fourth-order valence-corrected chi connectivity index (χ4v) is 1.36. The van der Waals surface area contributed by atoms with E-state index in [9.17, 15) is 0 Å². The van der Waals surface area contributed by atoms with Crippen molar-refractivity contribution in [2.24, 2.45) is 0 Å². The normalized spacial score (nSPS) is 11.8. The van der Waals surface area contributed by atoms with Crippen LogP contribution >= 0.6 is 23.2 Å². The summed E-state index contributed by atoms with van der Waals surface area (Å²) in [6.45, 7) is 6.32. The smallest absolute Gasteiger partial charge is 0.131 e. The van der Waals surface area contributed by atoms with Crippen molar-refractivity contribution in [3.63, 3.8) is 0 Å². The molecule has 0 aliphatic heterocycles. The maximum Gasteiger partial charge on any atom is 0.131 e. The summed E-state index contributed by atoms with van der Waals surface area (Å²) in [7, 11) is 0. The van der Waals surface area contributed by atoms with E-state index in [1.165, 1.54) is 0 Å². The molecule has 0 unspecified atom stereocenters. The summed E-state index contributed by atoms with van der Waals surface area (Å²) in [4.78, 5) is 3.88. The molecule has 0 atom stereocenters. The molecule has 0 fully saturated rings. The molecule has 0 radical (unpaired) electrons. The van der Waals surface area contributed by atoms with Gasteiger partial charge >= 0.3 is 0 Å². The van der Waals surface area contributed by atoms with E-state index >= 15 is 0 Å². The zero-order valence-corrected chi connectivity index (χ0v) is 8.87. The minimum Gasteiger partial charge on any atom is -0.224 e. The maximum atomic E-state index is 5.76. The van der Waals surface area contributed by atoms with Crippen molar-refractivity contribution in [1.29, 1.82) is 0 Å². The Morgan fingerprint density at radius 1 is 1.08 bits per heavy atom. The molecule has 1 heterocycles. The third-order valence-corrected chi connectivity index (χ3v) is 2.02. The van der Waals surface area contributed by atoms with Gasteiger partial charge in [-0.15, -0.1) is 0 Å². The molecule has 1 aromatic rings. The second kappa shape index (κ2) is 3.23. The first-order chi connectivity index (χ1) is 5.39. The fourth-order valence-electron chi connectivity index (χ4n) is 0.898. The van der Waals surface area contributed by atoms with Gasteiger partial charge in [-0.1, -0.05) is 44.0 Å². The third-order valence-electron chi connectivity index (χ3n) is 1.63. The molecular formula is C9H11Cl2N. The monoisotopic (exact) mass is 203 g/mol. The van der Waals surface area contributed by atoms with Crippen LogP contribution in [0.5, 0.6) is 0 Å². The molecule has 0 amide bonds. The van der Waals surface area contributed by atoms with Crippen LogP contribution in [0.4, 0.5) is 0 Å². The summed E-state index contributed by atoms with van der Waals surface area (Å²) in [5.74, 6) is 0.